The fourth-order valence-electron chi connectivity index (χ4n) is 3.86. The van der Waals surface area contributed by atoms with Gasteiger partial charge in [-0.2, -0.15) is 0 Å². The van der Waals surface area contributed by atoms with Crippen LogP contribution in [-0.2, 0) is 0 Å². The molecule has 0 aliphatic heterocycles. The van der Waals surface area contributed by atoms with Crippen molar-refractivity contribution in [2.45, 2.75) is 39.0 Å². The Balaban J connectivity index is 1.47. The highest BCUT2D eigenvalue weighted by Gasteiger charge is 2.14. The molecule has 27 heavy (non-hydrogen) atoms. The fourth-order valence-corrected chi connectivity index (χ4v) is 3.86. The van der Waals surface area contributed by atoms with E-state index in [1.807, 2.05) is 37.3 Å². The van der Waals surface area contributed by atoms with Crippen molar-refractivity contribution in [1.29, 1.82) is 0 Å². The van der Waals surface area contributed by atoms with Gasteiger partial charge in [-0.1, -0.05) is 31.4 Å². The van der Waals surface area contributed by atoms with Crippen LogP contribution in [0.25, 0.3) is 10.9 Å². The minimum atomic E-state index is 0.700. The van der Waals surface area contributed by atoms with Gasteiger partial charge in [-0.25, -0.2) is 0 Å². The lowest BCUT2D eigenvalue weighted by atomic mass is 9.90. The maximum atomic E-state index is 6.10. The van der Waals surface area contributed by atoms with Crippen LogP contribution in [-0.4, -0.2) is 11.6 Å². The van der Waals surface area contributed by atoms with Crippen LogP contribution in [0.2, 0.25) is 0 Å². The largest absolute Gasteiger partial charge is 0.493 e. The maximum absolute atomic E-state index is 6.10. The second-order valence-electron chi connectivity index (χ2n) is 7.52. The van der Waals surface area contributed by atoms with E-state index < -0.39 is 0 Å². The zero-order valence-electron chi connectivity index (χ0n) is 15.9. The van der Waals surface area contributed by atoms with Crippen LogP contribution in [0.5, 0.6) is 5.75 Å². The van der Waals surface area contributed by atoms with Crippen LogP contribution in [0.1, 0.15) is 37.8 Å². The van der Waals surface area contributed by atoms with Gasteiger partial charge < -0.3 is 15.8 Å². The molecular formula is C23H27N3O. The van der Waals surface area contributed by atoms with Crippen molar-refractivity contribution in [1.82, 2.24) is 4.98 Å². The number of aromatic nitrogens is 1. The van der Waals surface area contributed by atoms with Crippen molar-refractivity contribution in [2.24, 2.45) is 5.92 Å². The summed E-state index contributed by atoms with van der Waals surface area (Å²) in [4.78, 5) is 4.58. The summed E-state index contributed by atoms with van der Waals surface area (Å²) in [6.45, 7) is 2.82. The molecule has 4 rings (SSSR count). The molecule has 3 N–H and O–H groups in total. The van der Waals surface area contributed by atoms with E-state index in [0.29, 0.717) is 11.6 Å². The van der Waals surface area contributed by atoms with Gasteiger partial charge in [-0.05, 0) is 62.1 Å². The minimum absolute atomic E-state index is 0.700. The monoisotopic (exact) mass is 361 g/mol. The number of pyridine rings is 1. The topological polar surface area (TPSA) is 60.2 Å². The quantitative estimate of drug-likeness (QED) is 0.561. The summed E-state index contributed by atoms with van der Waals surface area (Å²) in [7, 11) is 0. The van der Waals surface area contributed by atoms with Gasteiger partial charge in [-0.3, -0.25) is 4.98 Å². The van der Waals surface area contributed by atoms with Gasteiger partial charge in [0, 0.05) is 22.5 Å². The molecule has 140 valence electrons. The summed E-state index contributed by atoms with van der Waals surface area (Å²) in [5.74, 6) is 1.65. The first-order valence-corrected chi connectivity index (χ1v) is 9.85. The van der Waals surface area contributed by atoms with E-state index in [0.717, 1.165) is 40.3 Å². The highest BCUT2D eigenvalue weighted by molar-refractivity contribution is 5.99. The molecule has 1 aliphatic carbocycles. The predicted octanol–water partition coefficient (Wildman–Crippen LogP) is 5.83. The number of fused-ring (bicyclic) bond motifs is 1. The molecule has 0 saturated heterocycles. The SMILES string of the molecule is Cc1cc(Nc2ccc(OCC3CCCCC3)cc2)c2cccc(N)c2n1. The van der Waals surface area contributed by atoms with Crippen LogP contribution >= 0.6 is 0 Å². The molecule has 0 amide bonds. The Morgan fingerprint density at radius 2 is 1.85 bits per heavy atom. The third-order valence-electron chi connectivity index (χ3n) is 5.34. The van der Waals surface area contributed by atoms with E-state index >= 15 is 0 Å². The molecule has 0 bridgehead atoms. The van der Waals surface area contributed by atoms with E-state index in [9.17, 15) is 0 Å². The van der Waals surface area contributed by atoms with Gasteiger partial charge in [0.1, 0.15) is 5.75 Å². The van der Waals surface area contributed by atoms with Gasteiger partial charge in [0.2, 0.25) is 0 Å². The van der Waals surface area contributed by atoms with Crippen molar-refractivity contribution >= 4 is 28.0 Å². The molecular weight excluding hydrogens is 334 g/mol. The molecule has 1 aromatic heterocycles. The highest BCUT2D eigenvalue weighted by Crippen LogP contribution is 2.30. The molecule has 2 aromatic carbocycles. The van der Waals surface area contributed by atoms with Crippen molar-refractivity contribution in [2.75, 3.05) is 17.7 Å². The summed E-state index contributed by atoms with van der Waals surface area (Å²) >= 11 is 0. The summed E-state index contributed by atoms with van der Waals surface area (Å²) in [5.41, 5.74) is 10.6. The first-order valence-electron chi connectivity index (χ1n) is 9.85. The molecule has 3 aromatic rings. The van der Waals surface area contributed by atoms with Gasteiger partial charge >= 0.3 is 0 Å². The van der Waals surface area contributed by atoms with E-state index in [2.05, 4.69) is 28.5 Å². The fraction of sp³-hybridized carbons (Fsp3) is 0.348. The number of nitrogens with zero attached hydrogens (tertiary/aromatic N) is 1. The van der Waals surface area contributed by atoms with Gasteiger partial charge in [0.15, 0.2) is 0 Å². The number of hydrogen-bond donors (Lipinski definition) is 2. The van der Waals surface area contributed by atoms with Crippen LogP contribution in [0.3, 0.4) is 0 Å². The number of aryl methyl sites for hydroxylation is 1. The highest BCUT2D eigenvalue weighted by atomic mass is 16.5. The third kappa shape index (κ3) is 4.16. The van der Waals surface area contributed by atoms with Crippen molar-refractivity contribution in [3.05, 3.63) is 54.2 Å². The number of ether oxygens (including phenoxy) is 1. The Morgan fingerprint density at radius 3 is 2.63 bits per heavy atom. The number of hydrogen-bond acceptors (Lipinski definition) is 4. The smallest absolute Gasteiger partial charge is 0.119 e. The predicted molar refractivity (Wildman–Crippen MR) is 113 cm³/mol. The summed E-state index contributed by atoms with van der Waals surface area (Å²) in [6.07, 6.45) is 6.68. The first kappa shape index (κ1) is 17.7. The van der Waals surface area contributed by atoms with E-state index in [4.69, 9.17) is 10.5 Å². The Morgan fingerprint density at radius 1 is 1.07 bits per heavy atom. The lowest BCUT2D eigenvalue weighted by Gasteiger charge is -2.21. The minimum Gasteiger partial charge on any atom is -0.493 e. The third-order valence-corrected chi connectivity index (χ3v) is 5.34. The van der Waals surface area contributed by atoms with Crippen LogP contribution in [0.4, 0.5) is 17.1 Å². The van der Waals surface area contributed by atoms with Gasteiger partial charge in [0.25, 0.3) is 0 Å². The van der Waals surface area contributed by atoms with Crippen LogP contribution < -0.4 is 15.8 Å². The van der Waals surface area contributed by atoms with Gasteiger partial charge in [0.05, 0.1) is 17.8 Å². The standard InChI is InChI=1S/C23H27N3O/c1-16-14-22(20-8-5-9-21(24)23(20)25-16)26-18-10-12-19(13-11-18)27-15-17-6-3-2-4-7-17/h5,8-14,17H,2-4,6-7,15,24H2,1H3,(H,25,26). The van der Waals surface area contributed by atoms with E-state index in [-0.39, 0.29) is 0 Å². The first-order chi connectivity index (χ1) is 13.2. The Hall–Kier alpha value is -2.75. The van der Waals surface area contributed by atoms with Gasteiger partial charge in [-0.15, -0.1) is 0 Å². The van der Waals surface area contributed by atoms with E-state index in [1.165, 1.54) is 32.1 Å². The molecule has 0 spiro atoms. The second-order valence-corrected chi connectivity index (χ2v) is 7.52. The van der Waals surface area contributed by atoms with Crippen molar-refractivity contribution in [3.63, 3.8) is 0 Å². The summed E-state index contributed by atoms with van der Waals surface area (Å²) in [6, 6.07) is 16.1. The van der Waals surface area contributed by atoms with Crippen molar-refractivity contribution in [3.8, 4) is 5.75 Å². The lowest BCUT2D eigenvalue weighted by Crippen LogP contribution is -2.15. The summed E-state index contributed by atoms with van der Waals surface area (Å²) < 4.78 is 6.00. The normalized spacial score (nSPS) is 15.0. The number of nitrogens with two attached hydrogens (primary N) is 1. The molecule has 0 unspecified atom stereocenters. The van der Waals surface area contributed by atoms with Crippen LogP contribution in [0.15, 0.2) is 48.5 Å². The molecule has 1 saturated carbocycles. The number of benzene rings is 2. The lowest BCUT2D eigenvalue weighted by molar-refractivity contribution is 0.209. The zero-order chi connectivity index (χ0) is 18.6. The zero-order valence-corrected chi connectivity index (χ0v) is 15.9. The number of nitrogen functional groups attached to an aromatic ring is 1. The Labute approximate surface area is 160 Å². The molecule has 1 heterocycles. The number of anilines is 3. The summed E-state index contributed by atoms with van der Waals surface area (Å²) in [5, 5.41) is 4.52. The maximum Gasteiger partial charge on any atom is 0.119 e. The molecule has 1 fully saturated rings. The molecule has 4 nitrogen and oxygen atoms in total. The molecule has 4 heteroatoms. The molecule has 0 atom stereocenters. The molecule has 0 radical (unpaired) electrons. The Bertz CT molecular complexity index is 915. The van der Waals surface area contributed by atoms with E-state index in [1.54, 1.807) is 0 Å². The average Bonchev–Trinajstić information content (AvgIpc) is 2.69. The average molecular weight is 361 g/mol. The number of para-hydroxylation sites is 1. The van der Waals surface area contributed by atoms with Crippen LogP contribution in [0, 0.1) is 12.8 Å². The Kier molecular flexibility index (Phi) is 5.14. The van der Waals surface area contributed by atoms with Crippen molar-refractivity contribution < 1.29 is 4.74 Å². The number of rotatable bonds is 5. The molecule has 1 aliphatic rings. The second kappa shape index (κ2) is 7.87. The number of nitrogens with one attached hydrogen (secondary N) is 1.